The van der Waals surface area contributed by atoms with E-state index in [0.29, 0.717) is 18.9 Å². The van der Waals surface area contributed by atoms with Crippen molar-refractivity contribution < 1.29 is 9.53 Å². The van der Waals surface area contributed by atoms with Crippen LogP contribution in [0.15, 0.2) is 30.3 Å². The third-order valence-electron chi connectivity index (χ3n) is 3.87. The minimum Gasteiger partial charge on any atom is -0.493 e. The van der Waals surface area contributed by atoms with Crippen LogP contribution in [-0.2, 0) is 4.79 Å². The van der Waals surface area contributed by atoms with Crippen LogP contribution in [0.3, 0.4) is 0 Å². The Morgan fingerprint density at radius 2 is 1.95 bits per heavy atom. The molecule has 2 rings (SSSR count). The summed E-state index contributed by atoms with van der Waals surface area (Å²) in [5, 5.41) is 0. The van der Waals surface area contributed by atoms with Crippen LogP contribution in [0.25, 0.3) is 0 Å². The Balaban J connectivity index is 1.66. The molecule has 1 fully saturated rings. The lowest BCUT2D eigenvalue weighted by molar-refractivity contribution is -0.133. The Morgan fingerprint density at radius 3 is 2.60 bits per heavy atom. The molecular weight excluding hydrogens is 252 g/mol. The molecule has 0 aliphatic carbocycles. The molecule has 0 atom stereocenters. The number of nitrogens with two attached hydrogens (primary N) is 1. The molecule has 1 heterocycles. The second kappa shape index (κ2) is 7.90. The van der Waals surface area contributed by atoms with Gasteiger partial charge in [-0.15, -0.1) is 0 Å². The fourth-order valence-electron chi connectivity index (χ4n) is 2.64. The number of hydrogen-bond donors (Lipinski definition) is 1. The maximum atomic E-state index is 12.1. The Hall–Kier alpha value is -1.55. The first kappa shape index (κ1) is 14.9. The van der Waals surface area contributed by atoms with Gasteiger partial charge in [-0.1, -0.05) is 18.2 Å². The largest absolute Gasteiger partial charge is 0.493 e. The highest BCUT2D eigenvalue weighted by atomic mass is 16.5. The van der Waals surface area contributed by atoms with Crippen LogP contribution in [0.1, 0.15) is 25.7 Å². The average molecular weight is 276 g/mol. The number of likely N-dealkylation sites (tertiary alicyclic amines) is 1. The Morgan fingerprint density at radius 1 is 1.25 bits per heavy atom. The number of nitrogens with zero attached hydrogens (tertiary/aromatic N) is 1. The number of amides is 1. The highest BCUT2D eigenvalue weighted by Crippen LogP contribution is 2.20. The van der Waals surface area contributed by atoms with Gasteiger partial charge in [-0.25, -0.2) is 0 Å². The lowest BCUT2D eigenvalue weighted by Crippen LogP contribution is -2.39. The van der Waals surface area contributed by atoms with Crippen molar-refractivity contribution in [3.63, 3.8) is 0 Å². The molecular formula is C16H24N2O2. The van der Waals surface area contributed by atoms with E-state index in [-0.39, 0.29) is 5.91 Å². The summed E-state index contributed by atoms with van der Waals surface area (Å²) in [7, 11) is 0. The van der Waals surface area contributed by atoms with Crippen LogP contribution >= 0.6 is 0 Å². The van der Waals surface area contributed by atoms with Gasteiger partial charge in [0.2, 0.25) is 5.91 Å². The van der Waals surface area contributed by atoms with Crippen LogP contribution in [0.2, 0.25) is 0 Å². The molecule has 0 aromatic heterocycles. The lowest BCUT2D eigenvalue weighted by Gasteiger charge is -2.32. The van der Waals surface area contributed by atoms with Crippen molar-refractivity contribution in [3.8, 4) is 5.75 Å². The van der Waals surface area contributed by atoms with Crippen LogP contribution in [-0.4, -0.2) is 37.0 Å². The predicted octanol–water partition coefficient (Wildman–Crippen LogP) is 2.04. The molecule has 1 saturated heterocycles. The van der Waals surface area contributed by atoms with Gasteiger partial charge in [0.1, 0.15) is 5.75 Å². The number of piperidine rings is 1. The molecule has 0 radical (unpaired) electrons. The zero-order chi connectivity index (χ0) is 14.2. The Labute approximate surface area is 120 Å². The lowest BCUT2D eigenvalue weighted by atomic mass is 9.93. The Kier molecular flexibility index (Phi) is 5.87. The van der Waals surface area contributed by atoms with Crippen molar-refractivity contribution in [2.24, 2.45) is 11.7 Å². The second-order valence-electron chi connectivity index (χ2n) is 5.31. The smallest absolute Gasteiger partial charge is 0.225 e. The fraction of sp³-hybridized carbons (Fsp3) is 0.562. The number of benzene rings is 1. The van der Waals surface area contributed by atoms with Gasteiger partial charge in [0.25, 0.3) is 0 Å². The van der Waals surface area contributed by atoms with E-state index >= 15 is 0 Å². The van der Waals surface area contributed by atoms with Crippen molar-refractivity contribution in [2.45, 2.75) is 25.7 Å². The second-order valence-corrected chi connectivity index (χ2v) is 5.31. The monoisotopic (exact) mass is 276 g/mol. The van der Waals surface area contributed by atoms with Crippen LogP contribution < -0.4 is 10.5 Å². The SMILES string of the molecule is NCCC1CCN(C(=O)CCOc2ccccc2)CC1. The molecule has 20 heavy (non-hydrogen) atoms. The van der Waals surface area contributed by atoms with Crippen molar-refractivity contribution in [1.29, 1.82) is 0 Å². The van der Waals surface area contributed by atoms with E-state index in [2.05, 4.69) is 0 Å². The quantitative estimate of drug-likeness (QED) is 0.865. The third-order valence-corrected chi connectivity index (χ3v) is 3.87. The summed E-state index contributed by atoms with van der Waals surface area (Å²) in [5.74, 6) is 1.72. The molecule has 4 nitrogen and oxygen atoms in total. The minimum atomic E-state index is 0.201. The van der Waals surface area contributed by atoms with Gasteiger partial charge in [0.05, 0.1) is 13.0 Å². The van der Waals surface area contributed by atoms with Gasteiger partial charge in [-0.2, -0.15) is 0 Å². The summed E-state index contributed by atoms with van der Waals surface area (Å²) in [6.45, 7) is 2.94. The van der Waals surface area contributed by atoms with E-state index in [0.717, 1.165) is 44.6 Å². The van der Waals surface area contributed by atoms with Gasteiger partial charge in [-0.05, 0) is 43.9 Å². The highest BCUT2D eigenvalue weighted by Gasteiger charge is 2.21. The van der Waals surface area contributed by atoms with Gasteiger partial charge < -0.3 is 15.4 Å². The maximum Gasteiger partial charge on any atom is 0.225 e. The number of hydrogen-bond acceptors (Lipinski definition) is 3. The van der Waals surface area contributed by atoms with Crippen molar-refractivity contribution >= 4 is 5.91 Å². The van der Waals surface area contributed by atoms with Crippen LogP contribution in [0, 0.1) is 5.92 Å². The van der Waals surface area contributed by atoms with Gasteiger partial charge in [0.15, 0.2) is 0 Å². The van der Waals surface area contributed by atoms with Gasteiger partial charge in [-0.3, -0.25) is 4.79 Å². The minimum absolute atomic E-state index is 0.201. The van der Waals surface area contributed by atoms with Gasteiger partial charge >= 0.3 is 0 Å². The molecule has 0 unspecified atom stereocenters. The number of para-hydroxylation sites is 1. The molecule has 2 N–H and O–H groups in total. The van der Waals surface area contributed by atoms with E-state index in [1.54, 1.807) is 0 Å². The first-order valence-corrected chi connectivity index (χ1v) is 7.45. The average Bonchev–Trinajstić information content (AvgIpc) is 2.49. The molecule has 0 bridgehead atoms. The molecule has 110 valence electrons. The van der Waals surface area contributed by atoms with Crippen LogP contribution in [0.4, 0.5) is 0 Å². The molecule has 1 aromatic rings. The molecule has 1 aliphatic heterocycles. The van der Waals surface area contributed by atoms with Gasteiger partial charge in [0, 0.05) is 13.1 Å². The fourth-order valence-corrected chi connectivity index (χ4v) is 2.64. The molecule has 0 spiro atoms. The summed E-state index contributed by atoms with van der Waals surface area (Å²) >= 11 is 0. The zero-order valence-corrected chi connectivity index (χ0v) is 12.0. The molecule has 0 saturated carbocycles. The summed E-state index contributed by atoms with van der Waals surface area (Å²) in [6.07, 6.45) is 3.71. The number of ether oxygens (including phenoxy) is 1. The van der Waals surface area contributed by atoms with Crippen LogP contribution in [0.5, 0.6) is 5.75 Å². The first-order valence-electron chi connectivity index (χ1n) is 7.45. The van der Waals surface area contributed by atoms with Crippen molar-refractivity contribution in [3.05, 3.63) is 30.3 Å². The number of carbonyl (C=O) groups is 1. The third kappa shape index (κ3) is 4.53. The summed E-state index contributed by atoms with van der Waals surface area (Å²) < 4.78 is 5.56. The molecule has 1 aromatic carbocycles. The zero-order valence-electron chi connectivity index (χ0n) is 12.0. The highest BCUT2D eigenvalue weighted by molar-refractivity contribution is 5.76. The van der Waals surface area contributed by atoms with Crippen molar-refractivity contribution in [1.82, 2.24) is 4.90 Å². The molecule has 1 aliphatic rings. The summed E-state index contributed by atoms with van der Waals surface area (Å²) in [5.41, 5.74) is 5.58. The summed E-state index contributed by atoms with van der Waals surface area (Å²) in [4.78, 5) is 14.0. The molecule has 1 amide bonds. The van der Waals surface area contributed by atoms with E-state index in [4.69, 9.17) is 10.5 Å². The summed E-state index contributed by atoms with van der Waals surface area (Å²) in [6, 6.07) is 9.62. The van der Waals surface area contributed by atoms with E-state index < -0.39 is 0 Å². The number of carbonyl (C=O) groups excluding carboxylic acids is 1. The van der Waals surface area contributed by atoms with E-state index in [1.807, 2.05) is 35.2 Å². The van der Waals surface area contributed by atoms with Crippen molar-refractivity contribution in [2.75, 3.05) is 26.2 Å². The standard InChI is InChI=1S/C16H24N2O2/c17-10-6-14-7-11-18(12-8-14)16(19)9-13-20-15-4-2-1-3-5-15/h1-5,14H,6-13,17H2. The number of rotatable bonds is 6. The van der Waals surface area contributed by atoms with E-state index in [9.17, 15) is 4.79 Å². The molecule has 4 heteroatoms. The first-order chi connectivity index (χ1) is 9.79. The van der Waals surface area contributed by atoms with E-state index in [1.165, 1.54) is 0 Å². The predicted molar refractivity (Wildman–Crippen MR) is 79.5 cm³/mol. The maximum absolute atomic E-state index is 12.1. The Bertz CT molecular complexity index is 400. The normalized spacial score (nSPS) is 16.1. The topological polar surface area (TPSA) is 55.6 Å².